The van der Waals surface area contributed by atoms with E-state index in [-0.39, 0.29) is 6.61 Å². The molecule has 2 N–H and O–H groups in total. The lowest BCUT2D eigenvalue weighted by Gasteiger charge is -2.14. The Bertz CT molecular complexity index is 389. The summed E-state index contributed by atoms with van der Waals surface area (Å²) in [6, 6.07) is 5.31. The molecule has 0 aliphatic carbocycles. The van der Waals surface area contributed by atoms with Crippen molar-refractivity contribution in [2.45, 2.75) is 13.0 Å². The third-order valence-electron chi connectivity index (χ3n) is 2.59. The number of benzene rings is 1. The summed E-state index contributed by atoms with van der Waals surface area (Å²) in [6.07, 6.45) is -0.612. The van der Waals surface area contributed by atoms with Crippen molar-refractivity contribution in [1.82, 2.24) is 0 Å². The minimum absolute atomic E-state index is 0.252. The summed E-state index contributed by atoms with van der Waals surface area (Å²) < 4.78 is 15.5. The Morgan fingerprint density at radius 1 is 1.30 bits per heavy atom. The van der Waals surface area contributed by atoms with E-state index in [0.29, 0.717) is 37.1 Å². The summed E-state index contributed by atoms with van der Waals surface area (Å²) in [5.74, 6) is 0.708. The summed E-state index contributed by atoms with van der Waals surface area (Å²) in [6.45, 7) is 4.21. The van der Waals surface area contributed by atoms with Gasteiger partial charge in [0.1, 0.15) is 5.75 Å². The summed E-state index contributed by atoms with van der Waals surface area (Å²) >= 11 is 6.05. The topological polar surface area (TPSA) is 60.0 Å². The molecule has 0 fully saturated rings. The molecule has 0 aliphatic rings. The first kappa shape index (κ1) is 17.0. The first-order valence-corrected chi connectivity index (χ1v) is 6.96. The summed E-state index contributed by atoms with van der Waals surface area (Å²) in [7, 11) is 1.59. The van der Waals surface area contributed by atoms with E-state index in [1.54, 1.807) is 25.3 Å². The van der Waals surface area contributed by atoms with Crippen molar-refractivity contribution >= 4 is 17.3 Å². The largest absolute Gasteiger partial charge is 0.497 e. The fourth-order valence-electron chi connectivity index (χ4n) is 1.54. The minimum atomic E-state index is -0.612. The van der Waals surface area contributed by atoms with E-state index in [0.717, 1.165) is 5.69 Å². The van der Waals surface area contributed by atoms with Gasteiger partial charge in [-0.05, 0) is 19.1 Å². The van der Waals surface area contributed by atoms with Crippen molar-refractivity contribution in [3.8, 4) is 5.75 Å². The number of ether oxygens (including phenoxy) is 3. The number of aliphatic hydroxyl groups excluding tert-OH is 1. The number of nitrogens with one attached hydrogen (secondary N) is 1. The molecule has 0 heterocycles. The fourth-order valence-corrected chi connectivity index (χ4v) is 1.72. The third-order valence-corrected chi connectivity index (χ3v) is 2.92. The van der Waals surface area contributed by atoms with E-state index in [2.05, 4.69) is 5.32 Å². The maximum absolute atomic E-state index is 9.78. The number of methoxy groups -OCH3 is 1. The zero-order chi connectivity index (χ0) is 14.8. The van der Waals surface area contributed by atoms with Crippen LogP contribution in [0.25, 0.3) is 0 Å². The predicted octanol–water partition coefficient (Wildman–Crippen LogP) is 2.17. The van der Waals surface area contributed by atoms with Gasteiger partial charge in [0.25, 0.3) is 0 Å². The van der Waals surface area contributed by atoms with Crippen LogP contribution in [0.3, 0.4) is 0 Å². The molecule has 1 aromatic carbocycles. The zero-order valence-electron chi connectivity index (χ0n) is 11.9. The third kappa shape index (κ3) is 6.43. The average Bonchev–Trinajstić information content (AvgIpc) is 2.46. The van der Waals surface area contributed by atoms with Gasteiger partial charge in [-0.25, -0.2) is 0 Å². The summed E-state index contributed by atoms with van der Waals surface area (Å²) in [5.41, 5.74) is 0.722. The van der Waals surface area contributed by atoms with E-state index >= 15 is 0 Å². The smallest absolute Gasteiger partial charge is 0.121 e. The molecule has 0 aromatic heterocycles. The normalized spacial score (nSPS) is 12.2. The van der Waals surface area contributed by atoms with Crippen LogP contribution in [0.1, 0.15) is 6.92 Å². The number of hydrogen-bond donors (Lipinski definition) is 2. The van der Waals surface area contributed by atoms with Crippen LogP contribution in [0.4, 0.5) is 5.69 Å². The Labute approximate surface area is 124 Å². The number of rotatable bonds is 10. The van der Waals surface area contributed by atoms with Gasteiger partial charge in [0.15, 0.2) is 0 Å². The van der Waals surface area contributed by atoms with Gasteiger partial charge >= 0.3 is 0 Å². The molecule has 1 rings (SSSR count). The van der Waals surface area contributed by atoms with Crippen molar-refractivity contribution in [3.05, 3.63) is 23.2 Å². The van der Waals surface area contributed by atoms with Crippen molar-refractivity contribution < 1.29 is 19.3 Å². The highest BCUT2D eigenvalue weighted by Crippen LogP contribution is 2.26. The standard InChI is InChI=1S/C14H22ClNO4/c1-3-19-6-7-20-10-11(17)9-16-14-8-12(18-2)4-5-13(14)15/h4-5,8,11,16-17H,3,6-7,9-10H2,1-2H3. The van der Waals surface area contributed by atoms with Crippen LogP contribution >= 0.6 is 11.6 Å². The van der Waals surface area contributed by atoms with Gasteiger partial charge < -0.3 is 24.6 Å². The Morgan fingerprint density at radius 3 is 2.75 bits per heavy atom. The molecular weight excluding hydrogens is 282 g/mol. The highest BCUT2D eigenvalue weighted by Gasteiger charge is 2.07. The molecule has 0 saturated heterocycles. The highest BCUT2D eigenvalue weighted by atomic mass is 35.5. The molecule has 0 amide bonds. The zero-order valence-corrected chi connectivity index (χ0v) is 12.7. The first-order chi connectivity index (χ1) is 9.67. The van der Waals surface area contributed by atoms with Crippen LogP contribution in [0, 0.1) is 0 Å². The van der Waals surface area contributed by atoms with Crippen molar-refractivity contribution in [1.29, 1.82) is 0 Å². The maximum Gasteiger partial charge on any atom is 0.121 e. The second-order valence-corrected chi connectivity index (χ2v) is 4.56. The molecule has 20 heavy (non-hydrogen) atoms. The molecule has 1 unspecified atom stereocenters. The fraction of sp³-hybridized carbons (Fsp3) is 0.571. The van der Waals surface area contributed by atoms with Crippen LogP contribution in [0.5, 0.6) is 5.75 Å². The molecule has 114 valence electrons. The molecular formula is C14H22ClNO4. The SMILES string of the molecule is CCOCCOCC(O)CNc1cc(OC)ccc1Cl. The Balaban J connectivity index is 2.28. The quantitative estimate of drug-likeness (QED) is 0.649. The molecule has 0 spiro atoms. The predicted molar refractivity (Wildman–Crippen MR) is 79.8 cm³/mol. The maximum atomic E-state index is 9.78. The molecule has 5 nitrogen and oxygen atoms in total. The molecule has 1 aromatic rings. The van der Waals surface area contributed by atoms with Gasteiger partial charge in [-0.3, -0.25) is 0 Å². The second-order valence-electron chi connectivity index (χ2n) is 4.15. The van der Waals surface area contributed by atoms with Crippen molar-refractivity contribution in [3.63, 3.8) is 0 Å². The molecule has 0 aliphatic heterocycles. The Kier molecular flexibility index (Phi) is 8.37. The van der Waals surface area contributed by atoms with E-state index in [4.69, 9.17) is 25.8 Å². The van der Waals surface area contributed by atoms with E-state index < -0.39 is 6.10 Å². The Hall–Kier alpha value is -1.01. The second kappa shape index (κ2) is 9.83. The Morgan fingerprint density at radius 2 is 2.05 bits per heavy atom. The van der Waals surface area contributed by atoms with Gasteiger partial charge in [-0.1, -0.05) is 11.6 Å². The van der Waals surface area contributed by atoms with Gasteiger partial charge in [0.05, 0.1) is 43.7 Å². The van der Waals surface area contributed by atoms with E-state index in [1.165, 1.54) is 0 Å². The van der Waals surface area contributed by atoms with Crippen LogP contribution in [-0.2, 0) is 9.47 Å². The van der Waals surface area contributed by atoms with Gasteiger partial charge in [0, 0.05) is 19.2 Å². The number of aliphatic hydroxyl groups is 1. The van der Waals surface area contributed by atoms with E-state index in [1.807, 2.05) is 6.92 Å². The average molecular weight is 304 g/mol. The van der Waals surface area contributed by atoms with Crippen LogP contribution < -0.4 is 10.1 Å². The van der Waals surface area contributed by atoms with Crippen LogP contribution in [-0.4, -0.2) is 51.3 Å². The van der Waals surface area contributed by atoms with Gasteiger partial charge in [-0.15, -0.1) is 0 Å². The van der Waals surface area contributed by atoms with Crippen LogP contribution in [0.2, 0.25) is 5.02 Å². The molecule has 6 heteroatoms. The van der Waals surface area contributed by atoms with Crippen molar-refractivity contribution in [2.24, 2.45) is 0 Å². The number of halogens is 1. The monoisotopic (exact) mass is 303 g/mol. The van der Waals surface area contributed by atoms with Crippen molar-refractivity contribution in [2.75, 3.05) is 45.4 Å². The van der Waals surface area contributed by atoms with Gasteiger partial charge in [-0.2, -0.15) is 0 Å². The summed E-state index contributed by atoms with van der Waals surface area (Å²) in [5, 5.41) is 13.4. The lowest BCUT2D eigenvalue weighted by atomic mass is 10.3. The lowest BCUT2D eigenvalue weighted by molar-refractivity contribution is 0.0103. The number of hydrogen-bond acceptors (Lipinski definition) is 5. The summed E-state index contributed by atoms with van der Waals surface area (Å²) in [4.78, 5) is 0. The minimum Gasteiger partial charge on any atom is -0.497 e. The lowest BCUT2D eigenvalue weighted by Crippen LogP contribution is -2.25. The highest BCUT2D eigenvalue weighted by molar-refractivity contribution is 6.33. The molecule has 0 saturated carbocycles. The van der Waals surface area contributed by atoms with Crippen LogP contribution in [0.15, 0.2) is 18.2 Å². The molecule has 1 atom stereocenters. The van der Waals surface area contributed by atoms with Gasteiger partial charge in [0.2, 0.25) is 0 Å². The molecule has 0 bridgehead atoms. The number of anilines is 1. The first-order valence-electron chi connectivity index (χ1n) is 6.58. The molecule has 0 radical (unpaired) electrons. The van der Waals surface area contributed by atoms with E-state index in [9.17, 15) is 5.11 Å².